The van der Waals surface area contributed by atoms with Crippen molar-refractivity contribution in [1.82, 2.24) is 4.31 Å². The molecule has 1 amide bonds. The van der Waals surface area contributed by atoms with Gasteiger partial charge in [-0.25, -0.2) is 12.8 Å². The van der Waals surface area contributed by atoms with Gasteiger partial charge in [0.2, 0.25) is 10.0 Å². The molecule has 0 aliphatic carbocycles. The second-order valence-electron chi connectivity index (χ2n) is 5.31. The minimum absolute atomic E-state index is 0.0269. The molecule has 0 aliphatic heterocycles. The van der Waals surface area contributed by atoms with Crippen molar-refractivity contribution in [2.24, 2.45) is 0 Å². The second-order valence-corrected chi connectivity index (χ2v) is 8.51. The van der Waals surface area contributed by atoms with Gasteiger partial charge in [-0.15, -0.1) is 0 Å². The predicted octanol–water partition coefficient (Wildman–Crippen LogP) is 4.52. The summed E-state index contributed by atoms with van der Waals surface area (Å²) in [5, 5.41) is 2.76. The van der Waals surface area contributed by atoms with Gasteiger partial charge in [0, 0.05) is 17.6 Å². The highest BCUT2D eigenvalue weighted by Gasteiger charge is 2.23. The Morgan fingerprint density at radius 3 is 2.42 bits per heavy atom. The fourth-order valence-corrected chi connectivity index (χ4v) is 4.52. The predicted molar refractivity (Wildman–Crippen MR) is 104 cm³/mol. The first-order valence-corrected chi connectivity index (χ1v) is 10.4. The van der Waals surface area contributed by atoms with Crippen LogP contribution in [0.4, 0.5) is 10.1 Å². The first-order chi connectivity index (χ1) is 12.2. The number of hydrogen-bond donors (Lipinski definition) is 1. The summed E-state index contributed by atoms with van der Waals surface area (Å²) in [5.41, 5.74) is 0.348. The van der Waals surface area contributed by atoms with Crippen LogP contribution in [0.5, 0.6) is 0 Å². The molecule has 140 valence electrons. The third-order valence-electron chi connectivity index (χ3n) is 3.70. The van der Waals surface area contributed by atoms with Gasteiger partial charge in [-0.1, -0.05) is 25.4 Å². The molecule has 2 aromatic carbocycles. The first-order valence-electron chi connectivity index (χ1n) is 7.76. The highest BCUT2D eigenvalue weighted by atomic mass is 79.9. The number of carbonyl (C=O) groups is 1. The number of hydrogen-bond acceptors (Lipinski definition) is 3. The number of carbonyl (C=O) groups excluding carboxylic acids is 1. The maximum atomic E-state index is 13.2. The van der Waals surface area contributed by atoms with Crippen LogP contribution < -0.4 is 5.32 Å². The van der Waals surface area contributed by atoms with Crippen LogP contribution >= 0.6 is 27.5 Å². The van der Waals surface area contributed by atoms with E-state index < -0.39 is 21.7 Å². The van der Waals surface area contributed by atoms with Gasteiger partial charge in [0.25, 0.3) is 5.91 Å². The molecule has 5 nitrogen and oxygen atoms in total. The summed E-state index contributed by atoms with van der Waals surface area (Å²) in [5.74, 6) is -1.03. The summed E-state index contributed by atoms with van der Waals surface area (Å²) in [4.78, 5) is 12.5. The fourth-order valence-electron chi connectivity index (χ4n) is 2.34. The quantitative estimate of drug-likeness (QED) is 0.685. The number of nitrogens with one attached hydrogen (secondary N) is 1. The summed E-state index contributed by atoms with van der Waals surface area (Å²) in [6, 6.07) is 7.75. The van der Waals surface area contributed by atoms with Crippen molar-refractivity contribution in [3.05, 3.63) is 57.3 Å². The standard InChI is InChI=1S/C17H17BrClFN2O3S/c1-3-22(4-2)26(24,25)12-6-8-15(19)16(10-12)21-17(23)13-7-5-11(20)9-14(13)18/h5-10H,3-4H2,1-2H3,(H,21,23). The molecular weight excluding hydrogens is 447 g/mol. The molecule has 0 radical (unpaired) electrons. The van der Waals surface area contributed by atoms with Crippen molar-refractivity contribution < 1.29 is 17.6 Å². The third-order valence-corrected chi connectivity index (χ3v) is 6.74. The van der Waals surface area contributed by atoms with E-state index in [-0.39, 0.29) is 25.6 Å². The number of halogens is 3. The lowest BCUT2D eigenvalue weighted by molar-refractivity contribution is 0.102. The van der Waals surface area contributed by atoms with Gasteiger partial charge in [0.15, 0.2) is 0 Å². The molecule has 0 unspecified atom stereocenters. The monoisotopic (exact) mass is 462 g/mol. The third kappa shape index (κ3) is 4.43. The maximum absolute atomic E-state index is 13.2. The van der Waals surface area contributed by atoms with Gasteiger partial charge in [0.1, 0.15) is 5.82 Å². The maximum Gasteiger partial charge on any atom is 0.256 e. The van der Waals surface area contributed by atoms with E-state index in [1.165, 1.54) is 28.6 Å². The lowest BCUT2D eigenvalue weighted by atomic mass is 10.2. The average Bonchev–Trinajstić information content (AvgIpc) is 2.57. The molecule has 9 heteroatoms. The van der Waals surface area contributed by atoms with E-state index in [1.54, 1.807) is 13.8 Å². The Kier molecular flexibility index (Phi) is 6.79. The molecule has 0 aromatic heterocycles. The zero-order valence-electron chi connectivity index (χ0n) is 14.1. The molecule has 0 aliphatic rings. The van der Waals surface area contributed by atoms with Crippen LogP contribution in [-0.4, -0.2) is 31.7 Å². The van der Waals surface area contributed by atoms with E-state index in [2.05, 4.69) is 21.2 Å². The Hall–Kier alpha value is -1.48. The smallest absolute Gasteiger partial charge is 0.256 e. The van der Waals surface area contributed by atoms with Crippen LogP contribution in [0, 0.1) is 5.82 Å². The number of sulfonamides is 1. The topological polar surface area (TPSA) is 66.5 Å². The van der Waals surface area contributed by atoms with Gasteiger partial charge in [-0.2, -0.15) is 4.31 Å². The van der Waals surface area contributed by atoms with Crippen LogP contribution in [0.25, 0.3) is 0 Å². The number of amides is 1. The fraction of sp³-hybridized carbons (Fsp3) is 0.235. The first kappa shape index (κ1) is 20.8. The average molecular weight is 464 g/mol. The van der Waals surface area contributed by atoms with E-state index in [9.17, 15) is 17.6 Å². The van der Waals surface area contributed by atoms with Crippen LogP contribution in [0.3, 0.4) is 0 Å². The zero-order chi connectivity index (χ0) is 19.5. The number of benzene rings is 2. The minimum atomic E-state index is -3.69. The van der Waals surface area contributed by atoms with Gasteiger partial charge in [-0.05, 0) is 52.3 Å². The van der Waals surface area contributed by atoms with Crippen molar-refractivity contribution >= 4 is 49.1 Å². The molecule has 0 bridgehead atoms. The van der Waals surface area contributed by atoms with Crippen LogP contribution in [0.15, 0.2) is 45.8 Å². The molecule has 2 rings (SSSR count). The Balaban J connectivity index is 2.37. The number of anilines is 1. The molecule has 0 spiro atoms. The van der Waals surface area contributed by atoms with Gasteiger partial charge >= 0.3 is 0 Å². The van der Waals surface area contributed by atoms with Crippen molar-refractivity contribution in [3.8, 4) is 0 Å². The van der Waals surface area contributed by atoms with E-state index in [0.29, 0.717) is 13.1 Å². The van der Waals surface area contributed by atoms with Gasteiger partial charge < -0.3 is 5.32 Å². The Labute approximate surface area is 165 Å². The lowest BCUT2D eigenvalue weighted by Crippen LogP contribution is -2.30. The van der Waals surface area contributed by atoms with Crippen LogP contribution in [0.2, 0.25) is 5.02 Å². The molecule has 1 N–H and O–H groups in total. The van der Waals surface area contributed by atoms with Gasteiger partial charge in [0.05, 0.1) is 21.2 Å². The van der Waals surface area contributed by atoms with Crippen molar-refractivity contribution in [1.29, 1.82) is 0 Å². The minimum Gasteiger partial charge on any atom is -0.321 e. The Bertz CT molecular complexity index is 934. The SMILES string of the molecule is CCN(CC)S(=O)(=O)c1ccc(Cl)c(NC(=O)c2ccc(F)cc2Br)c1. The second kappa shape index (κ2) is 8.47. The van der Waals surface area contributed by atoms with Gasteiger partial charge in [-0.3, -0.25) is 4.79 Å². The van der Waals surface area contributed by atoms with Crippen LogP contribution in [0.1, 0.15) is 24.2 Å². The molecule has 0 heterocycles. The molecule has 0 saturated heterocycles. The highest BCUT2D eigenvalue weighted by molar-refractivity contribution is 9.10. The van der Waals surface area contributed by atoms with Crippen molar-refractivity contribution in [2.45, 2.75) is 18.7 Å². The van der Waals surface area contributed by atoms with E-state index in [1.807, 2.05) is 0 Å². The summed E-state index contributed by atoms with van der Waals surface area (Å²) in [6.07, 6.45) is 0. The molecular formula is C17H17BrClFN2O3S. The highest BCUT2D eigenvalue weighted by Crippen LogP contribution is 2.28. The largest absolute Gasteiger partial charge is 0.321 e. The van der Waals surface area contributed by atoms with Crippen LogP contribution in [-0.2, 0) is 10.0 Å². The van der Waals surface area contributed by atoms with E-state index in [4.69, 9.17) is 11.6 Å². The van der Waals surface area contributed by atoms with E-state index in [0.717, 1.165) is 12.1 Å². The number of rotatable bonds is 6. The van der Waals surface area contributed by atoms with Crippen molar-refractivity contribution in [3.63, 3.8) is 0 Å². The number of nitrogens with zero attached hydrogens (tertiary/aromatic N) is 1. The Morgan fingerprint density at radius 2 is 1.85 bits per heavy atom. The molecule has 26 heavy (non-hydrogen) atoms. The summed E-state index contributed by atoms with van der Waals surface area (Å²) in [7, 11) is -3.69. The summed E-state index contributed by atoms with van der Waals surface area (Å²) >= 11 is 9.22. The lowest BCUT2D eigenvalue weighted by Gasteiger charge is -2.19. The molecule has 0 saturated carbocycles. The Morgan fingerprint density at radius 1 is 1.19 bits per heavy atom. The van der Waals surface area contributed by atoms with Crippen molar-refractivity contribution in [2.75, 3.05) is 18.4 Å². The molecule has 0 atom stereocenters. The molecule has 2 aromatic rings. The zero-order valence-corrected chi connectivity index (χ0v) is 17.3. The summed E-state index contributed by atoms with van der Waals surface area (Å²) in [6.45, 7) is 4.13. The van der Waals surface area contributed by atoms with E-state index >= 15 is 0 Å². The summed E-state index contributed by atoms with van der Waals surface area (Å²) < 4.78 is 40.0. The molecule has 0 fully saturated rings. The normalized spacial score (nSPS) is 11.6.